The van der Waals surface area contributed by atoms with E-state index in [0.717, 1.165) is 27.9 Å². The van der Waals surface area contributed by atoms with Gasteiger partial charge in [0.25, 0.3) is 5.91 Å². The first kappa shape index (κ1) is 20.6. The number of carbonyl (C=O) groups excluding carboxylic acids is 3. The number of hydrogen-bond donors (Lipinski definition) is 1. The zero-order valence-corrected chi connectivity index (χ0v) is 17.2. The molecule has 1 aliphatic rings. The van der Waals surface area contributed by atoms with Gasteiger partial charge in [0.2, 0.25) is 5.91 Å². The maximum absolute atomic E-state index is 12.4. The topological polar surface area (TPSA) is 75.7 Å². The van der Waals surface area contributed by atoms with Crippen LogP contribution in [0.4, 0.5) is 11.4 Å². The van der Waals surface area contributed by atoms with E-state index in [0.29, 0.717) is 5.69 Å². The highest BCUT2D eigenvalue weighted by Gasteiger charge is 2.36. The first-order valence-electron chi connectivity index (χ1n) is 9.66. The number of nitrogens with one attached hydrogen (secondary N) is 1. The van der Waals surface area contributed by atoms with Crippen molar-refractivity contribution < 1.29 is 19.1 Å². The Morgan fingerprint density at radius 1 is 1.03 bits per heavy atom. The summed E-state index contributed by atoms with van der Waals surface area (Å²) in [5, 5.41) is 2.76. The molecule has 1 heterocycles. The van der Waals surface area contributed by atoms with Gasteiger partial charge in [-0.05, 0) is 56.5 Å². The first-order chi connectivity index (χ1) is 13.7. The average molecular weight is 394 g/mol. The van der Waals surface area contributed by atoms with Crippen molar-refractivity contribution >= 4 is 29.2 Å². The first-order valence-corrected chi connectivity index (χ1v) is 9.66. The number of nitrogens with zero attached hydrogens (tertiary/aromatic N) is 1. The molecule has 0 aliphatic carbocycles. The van der Waals surface area contributed by atoms with Gasteiger partial charge in [0.15, 0.2) is 6.61 Å². The summed E-state index contributed by atoms with van der Waals surface area (Å²) in [5.74, 6) is -1.61. The van der Waals surface area contributed by atoms with E-state index in [1.165, 1.54) is 0 Å². The summed E-state index contributed by atoms with van der Waals surface area (Å²) in [7, 11) is 0. The molecule has 2 amide bonds. The Kier molecular flexibility index (Phi) is 6.01. The fourth-order valence-corrected chi connectivity index (χ4v) is 3.52. The lowest BCUT2D eigenvalue weighted by Crippen LogP contribution is -2.28. The van der Waals surface area contributed by atoms with E-state index in [9.17, 15) is 14.4 Å². The standard InChI is InChI=1S/C23H26N2O4/c1-14-6-8-20(17(4)9-14)25-12-18(11-22(25)27)23(28)29-13-21(26)24-19-10-15(2)5-7-16(19)3/h5-10,18H,11-13H2,1-4H3,(H,24,26)/t18-/m0/s1. The molecule has 0 unspecified atom stereocenters. The quantitative estimate of drug-likeness (QED) is 0.788. The highest BCUT2D eigenvalue weighted by Crippen LogP contribution is 2.29. The van der Waals surface area contributed by atoms with Crippen LogP contribution in [-0.2, 0) is 19.1 Å². The monoisotopic (exact) mass is 394 g/mol. The summed E-state index contributed by atoms with van der Waals surface area (Å²) < 4.78 is 5.18. The molecule has 3 rings (SSSR count). The minimum absolute atomic E-state index is 0.0881. The van der Waals surface area contributed by atoms with Gasteiger partial charge in [-0.1, -0.05) is 29.8 Å². The molecule has 6 nitrogen and oxygen atoms in total. The molecule has 2 aromatic rings. The van der Waals surface area contributed by atoms with Gasteiger partial charge in [-0.15, -0.1) is 0 Å². The number of anilines is 2. The van der Waals surface area contributed by atoms with Crippen LogP contribution in [0, 0.1) is 33.6 Å². The van der Waals surface area contributed by atoms with Gasteiger partial charge in [0.05, 0.1) is 5.92 Å². The SMILES string of the molecule is Cc1ccc(N2C[C@@H](C(=O)OCC(=O)Nc3cc(C)ccc3C)CC2=O)c(C)c1. The van der Waals surface area contributed by atoms with Gasteiger partial charge >= 0.3 is 5.97 Å². The molecule has 0 aromatic heterocycles. The van der Waals surface area contributed by atoms with Crippen LogP contribution >= 0.6 is 0 Å². The third-order valence-electron chi connectivity index (χ3n) is 5.11. The fraction of sp³-hybridized carbons (Fsp3) is 0.348. The molecule has 152 valence electrons. The highest BCUT2D eigenvalue weighted by atomic mass is 16.5. The average Bonchev–Trinajstić information content (AvgIpc) is 3.04. The molecule has 1 atom stereocenters. The second-order valence-electron chi connectivity index (χ2n) is 7.67. The molecule has 1 saturated heterocycles. The molecule has 29 heavy (non-hydrogen) atoms. The predicted molar refractivity (Wildman–Crippen MR) is 112 cm³/mol. The van der Waals surface area contributed by atoms with Gasteiger partial charge in [-0.3, -0.25) is 14.4 Å². The second-order valence-corrected chi connectivity index (χ2v) is 7.67. The molecular formula is C23H26N2O4. The maximum atomic E-state index is 12.4. The van der Waals surface area contributed by atoms with E-state index in [1.54, 1.807) is 4.90 Å². The molecule has 2 aromatic carbocycles. The molecule has 0 saturated carbocycles. The van der Waals surface area contributed by atoms with E-state index in [1.807, 2.05) is 64.1 Å². The molecule has 0 bridgehead atoms. The number of esters is 1. The van der Waals surface area contributed by atoms with Crippen LogP contribution in [0.25, 0.3) is 0 Å². The Hall–Kier alpha value is -3.15. The highest BCUT2D eigenvalue weighted by molar-refractivity contribution is 6.00. The van der Waals surface area contributed by atoms with Crippen LogP contribution in [0.2, 0.25) is 0 Å². The molecule has 6 heteroatoms. The van der Waals surface area contributed by atoms with E-state index in [2.05, 4.69) is 5.32 Å². The van der Waals surface area contributed by atoms with Gasteiger partial charge < -0.3 is 15.0 Å². The zero-order chi connectivity index (χ0) is 21.1. The summed E-state index contributed by atoms with van der Waals surface area (Å²) in [4.78, 5) is 38.6. The van der Waals surface area contributed by atoms with Crippen molar-refractivity contribution in [1.82, 2.24) is 0 Å². The number of benzene rings is 2. The molecule has 1 aliphatic heterocycles. The van der Waals surface area contributed by atoms with Crippen LogP contribution in [0.5, 0.6) is 0 Å². The molecule has 0 spiro atoms. The van der Waals surface area contributed by atoms with Gasteiger partial charge in [-0.25, -0.2) is 0 Å². The van der Waals surface area contributed by atoms with E-state index >= 15 is 0 Å². The normalized spacial score (nSPS) is 16.1. The van der Waals surface area contributed by atoms with Gasteiger partial charge in [-0.2, -0.15) is 0 Å². The summed E-state index contributed by atoms with van der Waals surface area (Å²) >= 11 is 0. The van der Waals surface area contributed by atoms with E-state index in [4.69, 9.17) is 4.74 Å². The van der Waals surface area contributed by atoms with Gasteiger partial charge in [0, 0.05) is 24.3 Å². The lowest BCUT2D eigenvalue weighted by molar-refractivity contribution is -0.151. The van der Waals surface area contributed by atoms with Crippen molar-refractivity contribution in [3.8, 4) is 0 Å². The molecular weight excluding hydrogens is 368 g/mol. The minimum Gasteiger partial charge on any atom is -0.455 e. The van der Waals surface area contributed by atoms with Crippen LogP contribution in [0.15, 0.2) is 36.4 Å². The molecule has 1 fully saturated rings. The van der Waals surface area contributed by atoms with Crippen LogP contribution in [0.1, 0.15) is 28.7 Å². The van der Waals surface area contributed by atoms with E-state index < -0.39 is 17.8 Å². The Balaban J connectivity index is 1.56. The summed E-state index contributed by atoms with van der Waals surface area (Å²) in [5.41, 5.74) is 5.57. The lowest BCUT2D eigenvalue weighted by Gasteiger charge is -2.19. The third kappa shape index (κ3) is 4.83. The van der Waals surface area contributed by atoms with Crippen molar-refractivity contribution in [3.63, 3.8) is 0 Å². The van der Waals surface area contributed by atoms with Crippen LogP contribution in [0.3, 0.4) is 0 Å². The van der Waals surface area contributed by atoms with Crippen molar-refractivity contribution in [2.45, 2.75) is 34.1 Å². The summed E-state index contributed by atoms with van der Waals surface area (Å²) in [6.45, 7) is 7.66. The summed E-state index contributed by atoms with van der Waals surface area (Å²) in [6.07, 6.45) is 0.0881. The van der Waals surface area contributed by atoms with Crippen LogP contribution in [-0.4, -0.2) is 30.9 Å². The molecule has 1 N–H and O–H groups in total. The number of carbonyl (C=O) groups is 3. The Morgan fingerprint density at radius 2 is 1.72 bits per heavy atom. The summed E-state index contributed by atoms with van der Waals surface area (Å²) in [6, 6.07) is 11.6. The third-order valence-corrected chi connectivity index (χ3v) is 5.11. The zero-order valence-electron chi connectivity index (χ0n) is 17.2. The Labute approximate surface area is 170 Å². The number of aryl methyl sites for hydroxylation is 4. The molecule has 0 radical (unpaired) electrons. The Morgan fingerprint density at radius 3 is 2.45 bits per heavy atom. The van der Waals surface area contributed by atoms with Crippen molar-refractivity contribution in [2.24, 2.45) is 5.92 Å². The largest absolute Gasteiger partial charge is 0.455 e. The predicted octanol–water partition coefficient (Wildman–Crippen LogP) is 3.46. The fourth-order valence-electron chi connectivity index (χ4n) is 3.52. The minimum atomic E-state index is -0.572. The number of hydrogen-bond acceptors (Lipinski definition) is 4. The van der Waals surface area contributed by atoms with Crippen molar-refractivity contribution in [2.75, 3.05) is 23.4 Å². The lowest BCUT2D eigenvalue weighted by atomic mass is 10.1. The van der Waals surface area contributed by atoms with Crippen molar-refractivity contribution in [3.05, 3.63) is 58.7 Å². The van der Waals surface area contributed by atoms with Crippen molar-refractivity contribution in [1.29, 1.82) is 0 Å². The Bertz CT molecular complexity index is 967. The second kappa shape index (κ2) is 8.47. The maximum Gasteiger partial charge on any atom is 0.311 e. The number of rotatable bonds is 5. The van der Waals surface area contributed by atoms with Crippen LogP contribution < -0.4 is 10.2 Å². The van der Waals surface area contributed by atoms with Gasteiger partial charge in [0.1, 0.15) is 0 Å². The van der Waals surface area contributed by atoms with E-state index in [-0.39, 0.29) is 25.5 Å². The number of ether oxygens (including phenoxy) is 1. The smallest absolute Gasteiger partial charge is 0.311 e. The number of amides is 2.